The molecule has 29 heavy (non-hydrogen) atoms. The van der Waals surface area contributed by atoms with E-state index >= 15 is 0 Å². The number of rotatable bonds is 8. The molecule has 0 bridgehead atoms. The van der Waals surface area contributed by atoms with Crippen LogP contribution in [0.3, 0.4) is 0 Å². The fourth-order valence-electron chi connectivity index (χ4n) is 0.842. The fourth-order valence-corrected chi connectivity index (χ4v) is 0.842. The normalized spacial score (nSPS) is 10.7. The molecule has 0 saturated heterocycles. The van der Waals surface area contributed by atoms with Gasteiger partial charge in [0, 0.05) is 12.8 Å². The molecule has 0 aliphatic carbocycles. The summed E-state index contributed by atoms with van der Waals surface area (Å²) in [7, 11) is -5.64. The standard InChI is InChI=1S/2C5H10N2O3.2ClH.FH2O3P.2Na/c2*6-3(5(9)10)1-2-4(7)8;;;1-5(2,3)4;;/h2*3H,1-2,6H2,(H2,7,8)(H,9,10);2*1H;(H2,2,3,4);;/q;;;;;2*+1/p-4. The van der Waals surface area contributed by atoms with Crippen molar-refractivity contribution in [3.8, 4) is 0 Å². The van der Waals surface area contributed by atoms with Crippen molar-refractivity contribution < 1.29 is 132 Å². The predicted octanol–water partition coefficient (Wildman–Crippen LogP) is -15.9. The molecule has 0 aromatic carbocycles. The van der Waals surface area contributed by atoms with Gasteiger partial charge in [-0.25, -0.2) is 4.20 Å². The molecule has 0 radical (unpaired) electrons. The molecule has 0 aromatic rings. The van der Waals surface area contributed by atoms with Crippen molar-refractivity contribution in [2.75, 3.05) is 0 Å². The summed E-state index contributed by atoms with van der Waals surface area (Å²) in [4.78, 5) is 57.1. The van der Waals surface area contributed by atoms with Crippen molar-refractivity contribution >= 4 is 31.7 Å². The Morgan fingerprint density at radius 3 is 1.10 bits per heavy atom. The maximum absolute atomic E-state index is 10.1. The number of amides is 2. The van der Waals surface area contributed by atoms with Crippen LogP contribution >= 0.6 is 7.91 Å². The van der Waals surface area contributed by atoms with E-state index in [9.17, 15) is 23.4 Å². The minimum Gasteiger partial charge on any atom is -1.00 e. The topological polar surface area (TPSA) is 276 Å². The Bertz CT molecular complexity index is 477. The maximum Gasteiger partial charge on any atom is 1.00 e. The van der Waals surface area contributed by atoms with E-state index in [4.69, 9.17) is 47.5 Å². The van der Waals surface area contributed by atoms with Crippen molar-refractivity contribution in [1.82, 2.24) is 0 Å². The first-order valence-corrected chi connectivity index (χ1v) is 7.76. The first kappa shape index (κ1) is 47.3. The smallest absolute Gasteiger partial charge is 1.00 e. The second kappa shape index (κ2) is 26.5. The summed E-state index contributed by atoms with van der Waals surface area (Å²) >= 11 is 0. The average Bonchev–Trinajstić information content (AvgIpc) is 2.40. The Morgan fingerprint density at radius 1 is 0.828 bits per heavy atom. The zero-order valence-electron chi connectivity index (χ0n) is 15.6. The van der Waals surface area contributed by atoms with Gasteiger partial charge in [0.05, 0.1) is 0 Å². The number of carbonyl (C=O) groups is 4. The van der Waals surface area contributed by atoms with Crippen molar-refractivity contribution in [2.24, 2.45) is 22.9 Å². The van der Waals surface area contributed by atoms with E-state index in [1.54, 1.807) is 0 Å². The average molecular weight is 507 g/mol. The molecule has 0 aliphatic heterocycles. The quantitative estimate of drug-likeness (QED) is 0.132. The summed E-state index contributed by atoms with van der Waals surface area (Å²) in [5.41, 5.74) is 19.6. The Hall–Kier alpha value is 0.460. The molecule has 0 aromatic heterocycles. The van der Waals surface area contributed by atoms with Crippen molar-refractivity contribution in [3.05, 3.63) is 0 Å². The molecule has 0 spiro atoms. The molecule has 0 saturated carbocycles. The van der Waals surface area contributed by atoms with Crippen LogP contribution in [0.1, 0.15) is 25.7 Å². The van der Waals surface area contributed by atoms with Gasteiger partial charge in [-0.15, -0.1) is 0 Å². The van der Waals surface area contributed by atoms with Crippen molar-refractivity contribution in [3.63, 3.8) is 0 Å². The first-order valence-electron chi connectivity index (χ1n) is 6.33. The van der Waals surface area contributed by atoms with Gasteiger partial charge in [-0.05, 0) is 12.8 Å². The first-order chi connectivity index (χ1) is 11.1. The number of carboxylic acids is 2. The van der Waals surface area contributed by atoms with Gasteiger partial charge in [0.25, 0.3) is 0 Å². The molecule has 0 aliphatic rings. The van der Waals surface area contributed by atoms with E-state index in [1.165, 1.54) is 0 Å². The number of primary amides is 2. The molecular formula is C10H20Cl2FN4Na2O9P-2. The minimum absolute atomic E-state index is 0. The van der Waals surface area contributed by atoms with Gasteiger partial charge in [-0.3, -0.25) is 19.2 Å². The summed E-state index contributed by atoms with van der Waals surface area (Å²) in [5, 5.41) is 16.4. The molecule has 0 fully saturated rings. The molecule has 2 amide bonds. The number of carboxylic acid groups (broad SMARTS) is 2. The van der Waals surface area contributed by atoms with Crippen LogP contribution in [0.4, 0.5) is 4.20 Å². The van der Waals surface area contributed by atoms with E-state index in [0.29, 0.717) is 0 Å². The van der Waals surface area contributed by atoms with Crippen LogP contribution < -0.4 is 117 Å². The van der Waals surface area contributed by atoms with Crippen LogP contribution in [-0.2, 0) is 23.7 Å². The summed E-state index contributed by atoms with van der Waals surface area (Å²) in [5.74, 6) is -3.28. The Kier molecular flexibility index (Phi) is 43.2. The van der Waals surface area contributed by atoms with Crippen LogP contribution in [-0.4, -0.2) is 46.0 Å². The van der Waals surface area contributed by atoms with Crippen LogP contribution in [0.15, 0.2) is 0 Å². The second-order valence-corrected chi connectivity index (χ2v) is 5.19. The third-order valence-corrected chi connectivity index (χ3v) is 2.04. The zero-order valence-corrected chi connectivity index (χ0v) is 22.0. The van der Waals surface area contributed by atoms with Crippen LogP contribution in [0.5, 0.6) is 0 Å². The van der Waals surface area contributed by atoms with Gasteiger partial charge in [-0.1, -0.05) is 0 Å². The van der Waals surface area contributed by atoms with Crippen LogP contribution in [0.25, 0.3) is 0 Å². The third-order valence-electron chi connectivity index (χ3n) is 2.04. The molecule has 0 heterocycles. The number of hydrogen-bond acceptors (Lipinski definition) is 9. The van der Waals surface area contributed by atoms with E-state index in [0.717, 1.165) is 0 Å². The Morgan fingerprint density at radius 2 is 1.00 bits per heavy atom. The fraction of sp³-hybridized carbons (Fsp3) is 0.600. The monoisotopic (exact) mass is 506 g/mol. The van der Waals surface area contributed by atoms with Crippen LogP contribution in [0, 0.1) is 0 Å². The van der Waals surface area contributed by atoms with Gasteiger partial charge in [0.1, 0.15) is 20.0 Å². The van der Waals surface area contributed by atoms with E-state index in [-0.39, 0.29) is 110 Å². The van der Waals surface area contributed by atoms with Crippen molar-refractivity contribution in [1.29, 1.82) is 0 Å². The molecule has 2 atom stereocenters. The number of hydrogen-bond donors (Lipinski definition) is 6. The molecule has 10 N–H and O–H groups in total. The molecule has 13 nitrogen and oxygen atoms in total. The molecule has 0 rings (SSSR count). The largest absolute Gasteiger partial charge is 1.00 e. The zero-order chi connectivity index (χ0) is 20.8. The van der Waals surface area contributed by atoms with Crippen molar-refractivity contribution in [2.45, 2.75) is 37.8 Å². The maximum atomic E-state index is 10.1. The molecule has 164 valence electrons. The Labute approximate surface area is 222 Å². The number of aliphatic carboxylic acids is 2. The van der Waals surface area contributed by atoms with Gasteiger partial charge >= 0.3 is 71.1 Å². The Balaban J connectivity index is -0.0000000490. The summed E-state index contributed by atoms with van der Waals surface area (Å²) < 4.78 is 18.6. The second-order valence-electron chi connectivity index (χ2n) is 4.33. The SMILES string of the molecule is NC(=O)CCC(N)C(=O)O.NC(=O)CCC(N)C(=O)O.O=P([O-])([O-])F.[Cl-].[Cl-].[Na+].[Na+]. The summed E-state index contributed by atoms with van der Waals surface area (Å²) in [6.07, 6.45) is 0.246. The predicted molar refractivity (Wildman–Crippen MR) is 76.8 cm³/mol. The number of carbonyl (C=O) groups excluding carboxylic acids is 2. The van der Waals surface area contributed by atoms with E-state index in [1.807, 2.05) is 0 Å². The summed E-state index contributed by atoms with van der Waals surface area (Å²) in [6.45, 7) is 0. The summed E-state index contributed by atoms with van der Waals surface area (Å²) in [6, 6.07) is -1.96. The third kappa shape index (κ3) is 58.5. The molecule has 2 unspecified atom stereocenters. The molecule has 19 heteroatoms. The van der Waals surface area contributed by atoms with Crippen LogP contribution in [0.2, 0.25) is 0 Å². The number of halogens is 3. The number of nitrogens with two attached hydrogens (primary N) is 4. The molecular weight excluding hydrogens is 487 g/mol. The van der Waals surface area contributed by atoms with Gasteiger partial charge in [0.2, 0.25) is 11.8 Å². The minimum atomic E-state index is -5.64. The van der Waals surface area contributed by atoms with Gasteiger partial charge in [-0.2, -0.15) is 0 Å². The van der Waals surface area contributed by atoms with E-state index in [2.05, 4.69) is 0 Å². The van der Waals surface area contributed by atoms with Gasteiger partial charge in [0.15, 0.2) is 0 Å². The van der Waals surface area contributed by atoms with E-state index < -0.39 is 43.7 Å². The van der Waals surface area contributed by atoms with Gasteiger partial charge < -0.3 is 72.3 Å².